The van der Waals surface area contributed by atoms with Gasteiger partial charge in [0, 0.05) is 5.92 Å². The number of rotatable bonds is 14. The lowest BCUT2D eigenvalue weighted by Gasteiger charge is -2.38. The number of aliphatic hydroxyl groups excluding tert-OH is 1. The Morgan fingerprint density at radius 1 is 0.684 bits per heavy atom. The number of aliphatic hydroxyl groups is 1. The predicted octanol–water partition coefficient (Wildman–Crippen LogP) is 7.77. The number of hydrogen-bond donors (Lipinski definition) is 1. The van der Waals surface area contributed by atoms with E-state index in [9.17, 15) is 5.11 Å². The van der Waals surface area contributed by atoms with Crippen LogP contribution < -0.4 is 0 Å². The second-order valence-corrected chi connectivity index (χ2v) is 9.99. The molecule has 0 radical (unpaired) electrons. The first-order valence-corrected chi connectivity index (χ1v) is 13.8. The van der Waals surface area contributed by atoms with E-state index in [0.717, 1.165) is 41.5 Å². The van der Waals surface area contributed by atoms with Gasteiger partial charge in [0.05, 0.1) is 25.4 Å². The van der Waals surface area contributed by atoms with E-state index in [4.69, 9.17) is 9.47 Å². The maximum Gasteiger partial charge on any atom is 0.143 e. The Kier molecular flexibility index (Phi) is 10.3. The molecule has 198 valence electrons. The second kappa shape index (κ2) is 14.1. The molecule has 3 nitrogen and oxygen atoms in total. The van der Waals surface area contributed by atoms with E-state index in [1.807, 2.05) is 43.3 Å². The highest BCUT2D eigenvalue weighted by molar-refractivity contribution is 5.47. The Morgan fingerprint density at radius 3 is 1.55 bits per heavy atom. The number of hydrogen-bond acceptors (Lipinski definition) is 3. The summed E-state index contributed by atoms with van der Waals surface area (Å²) in [5.41, 5.74) is 3.53. The summed E-state index contributed by atoms with van der Waals surface area (Å²) in [4.78, 5) is 0. The maximum absolute atomic E-state index is 10.9. The average molecular weight is 509 g/mol. The summed E-state index contributed by atoms with van der Waals surface area (Å²) in [6.07, 6.45) is 2.06. The van der Waals surface area contributed by atoms with Crippen LogP contribution in [0.5, 0.6) is 0 Å². The predicted molar refractivity (Wildman–Crippen MR) is 155 cm³/mol. The van der Waals surface area contributed by atoms with Crippen LogP contribution in [-0.4, -0.2) is 23.9 Å². The molecule has 0 aliphatic heterocycles. The van der Waals surface area contributed by atoms with E-state index in [2.05, 4.69) is 91.9 Å². The molecule has 1 N–H and O–H groups in total. The third kappa shape index (κ3) is 6.79. The fourth-order valence-corrected chi connectivity index (χ4v) is 5.25. The van der Waals surface area contributed by atoms with Crippen molar-refractivity contribution in [2.45, 2.75) is 57.5 Å². The van der Waals surface area contributed by atoms with Crippen molar-refractivity contribution in [3.63, 3.8) is 0 Å². The highest BCUT2D eigenvalue weighted by atomic mass is 16.5. The largest absolute Gasteiger partial charge is 0.391 e. The van der Waals surface area contributed by atoms with Crippen molar-refractivity contribution in [1.29, 1.82) is 0 Å². The number of ether oxygens (including phenoxy) is 2. The maximum atomic E-state index is 10.9. The van der Waals surface area contributed by atoms with Crippen LogP contribution in [0.2, 0.25) is 0 Å². The van der Waals surface area contributed by atoms with E-state index in [1.165, 1.54) is 0 Å². The van der Waals surface area contributed by atoms with E-state index in [-0.39, 0.29) is 12.0 Å². The number of benzene rings is 4. The van der Waals surface area contributed by atoms with Gasteiger partial charge in [0.1, 0.15) is 5.60 Å². The summed E-state index contributed by atoms with van der Waals surface area (Å²) in [5, 5.41) is 10.9. The fourth-order valence-electron chi connectivity index (χ4n) is 5.25. The summed E-state index contributed by atoms with van der Waals surface area (Å²) < 4.78 is 13.5. The molecular weight excluding hydrogens is 468 g/mol. The van der Waals surface area contributed by atoms with Gasteiger partial charge in [0.2, 0.25) is 0 Å². The Labute approximate surface area is 228 Å². The zero-order valence-electron chi connectivity index (χ0n) is 22.6. The normalized spacial score (nSPS) is 14.1. The topological polar surface area (TPSA) is 38.7 Å². The molecule has 0 saturated heterocycles. The molecule has 0 aromatic heterocycles. The van der Waals surface area contributed by atoms with Gasteiger partial charge in [-0.1, -0.05) is 141 Å². The molecule has 0 fully saturated rings. The Bertz CT molecular complexity index is 1080. The molecule has 0 saturated carbocycles. The van der Waals surface area contributed by atoms with Crippen LogP contribution in [0.4, 0.5) is 0 Å². The van der Waals surface area contributed by atoms with Gasteiger partial charge in [-0.25, -0.2) is 0 Å². The molecule has 38 heavy (non-hydrogen) atoms. The van der Waals surface area contributed by atoms with Crippen LogP contribution in [0.25, 0.3) is 0 Å². The summed E-state index contributed by atoms with van der Waals surface area (Å²) in [6.45, 7) is 4.93. The SMILES string of the molecule is CCCC[C@@H](COC(c1ccccc1)(c1ccccc1)c1ccccc1)[C@@H](OCc1ccccc1)[C@H](C)O. The second-order valence-electron chi connectivity index (χ2n) is 9.99. The average Bonchev–Trinajstić information content (AvgIpc) is 2.98. The van der Waals surface area contributed by atoms with Crippen LogP contribution in [-0.2, 0) is 21.7 Å². The van der Waals surface area contributed by atoms with Gasteiger partial charge in [0.25, 0.3) is 0 Å². The van der Waals surface area contributed by atoms with Gasteiger partial charge in [-0.05, 0) is 35.6 Å². The monoisotopic (exact) mass is 508 g/mol. The standard InChI is InChI=1S/C35H40O3/c1-3-4-19-30(34(28(2)36)37-26-29-17-9-5-10-18-29)27-38-35(31-20-11-6-12-21-31,32-22-13-7-14-23-32)33-24-15-8-16-25-33/h5-18,20-25,28,30,34,36H,3-4,19,26-27H2,1-2H3/t28-,30-,34-/m0/s1. The lowest BCUT2D eigenvalue weighted by atomic mass is 9.79. The van der Waals surface area contributed by atoms with E-state index in [0.29, 0.717) is 13.2 Å². The van der Waals surface area contributed by atoms with Crippen LogP contribution in [0.1, 0.15) is 55.4 Å². The van der Waals surface area contributed by atoms with Crippen molar-refractivity contribution in [2.75, 3.05) is 6.61 Å². The van der Waals surface area contributed by atoms with Crippen molar-refractivity contribution in [3.8, 4) is 0 Å². The highest BCUT2D eigenvalue weighted by Gasteiger charge is 2.39. The third-order valence-electron chi connectivity index (χ3n) is 7.21. The van der Waals surface area contributed by atoms with Gasteiger partial charge in [-0.3, -0.25) is 0 Å². The minimum Gasteiger partial charge on any atom is -0.391 e. The first-order chi connectivity index (χ1) is 18.6. The van der Waals surface area contributed by atoms with Gasteiger partial charge in [-0.2, -0.15) is 0 Å². The Morgan fingerprint density at radius 2 is 1.13 bits per heavy atom. The zero-order chi connectivity index (χ0) is 26.6. The van der Waals surface area contributed by atoms with Crippen molar-refractivity contribution >= 4 is 0 Å². The zero-order valence-corrected chi connectivity index (χ0v) is 22.6. The van der Waals surface area contributed by atoms with Crippen molar-refractivity contribution in [2.24, 2.45) is 5.92 Å². The third-order valence-corrected chi connectivity index (χ3v) is 7.21. The molecule has 0 unspecified atom stereocenters. The van der Waals surface area contributed by atoms with Crippen molar-refractivity contribution in [3.05, 3.63) is 144 Å². The Balaban J connectivity index is 1.71. The minimum absolute atomic E-state index is 0.0224. The van der Waals surface area contributed by atoms with Gasteiger partial charge in [0.15, 0.2) is 0 Å². The first-order valence-electron chi connectivity index (χ1n) is 13.8. The minimum atomic E-state index is -0.795. The first kappa shape index (κ1) is 27.8. The van der Waals surface area contributed by atoms with Crippen molar-refractivity contribution in [1.82, 2.24) is 0 Å². The van der Waals surface area contributed by atoms with E-state index in [1.54, 1.807) is 0 Å². The molecule has 4 aromatic carbocycles. The fraction of sp³-hybridized carbons (Fsp3) is 0.314. The highest BCUT2D eigenvalue weighted by Crippen LogP contribution is 2.41. The van der Waals surface area contributed by atoms with Gasteiger partial charge >= 0.3 is 0 Å². The molecular formula is C35H40O3. The van der Waals surface area contributed by atoms with E-state index < -0.39 is 11.7 Å². The van der Waals surface area contributed by atoms with Crippen molar-refractivity contribution < 1.29 is 14.6 Å². The molecule has 4 aromatic rings. The molecule has 3 heteroatoms. The molecule has 0 amide bonds. The quantitative estimate of drug-likeness (QED) is 0.177. The number of unbranched alkanes of at least 4 members (excludes halogenated alkanes) is 1. The summed E-state index contributed by atoms with van der Waals surface area (Å²) in [6, 6.07) is 41.5. The van der Waals surface area contributed by atoms with Gasteiger partial charge < -0.3 is 14.6 Å². The van der Waals surface area contributed by atoms with Gasteiger partial charge in [-0.15, -0.1) is 0 Å². The molecule has 0 aliphatic rings. The summed E-state index contributed by atoms with van der Waals surface area (Å²) in [7, 11) is 0. The summed E-state index contributed by atoms with van der Waals surface area (Å²) >= 11 is 0. The molecule has 0 aliphatic carbocycles. The van der Waals surface area contributed by atoms with Crippen LogP contribution in [0.3, 0.4) is 0 Å². The van der Waals surface area contributed by atoms with Crippen LogP contribution in [0, 0.1) is 5.92 Å². The molecule has 0 spiro atoms. The smallest absolute Gasteiger partial charge is 0.143 e. The van der Waals surface area contributed by atoms with Crippen LogP contribution in [0.15, 0.2) is 121 Å². The lowest BCUT2D eigenvalue weighted by molar-refractivity contribution is -0.106. The molecule has 4 rings (SSSR count). The van der Waals surface area contributed by atoms with E-state index >= 15 is 0 Å². The molecule has 0 heterocycles. The summed E-state index contributed by atoms with van der Waals surface area (Å²) in [5.74, 6) is 0.0224. The lowest BCUT2D eigenvalue weighted by Crippen LogP contribution is -2.40. The van der Waals surface area contributed by atoms with Crippen LogP contribution >= 0.6 is 0 Å². The Hall–Kier alpha value is -3.24. The molecule has 3 atom stereocenters. The molecule has 0 bridgehead atoms.